The molecule has 0 radical (unpaired) electrons. The van der Waals surface area contributed by atoms with Gasteiger partial charge in [0, 0.05) is 20.0 Å². The van der Waals surface area contributed by atoms with E-state index in [0.29, 0.717) is 12.5 Å². The molecule has 0 unspecified atom stereocenters. The van der Waals surface area contributed by atoms with Crippen molar-refractivity contribution in [2.45, 2.75) is 6.42 Å². The van der Waals surface area contributed by atoms with Gasteiger partial charge in [-0.3, -0.25) is 5.43 Å². The predicted octanol–water partition coefficient (Wildman–Crippen LogP) is 0.760. The highest BCUT2D eigenvalue weighted by molar-refractivity contribution is 7.16. The van der Waals surface area contributed by atoms with Gasteiger partial charge in [0.15, 0.2) is 0 Å². The molecule has 3 aromatic rings. The minimum atomic E-state index is 0.404. The highest BCUT2D eigenvalue weighted by Crippen LogP contribution is 2.26. The molecular formula is C11H14N8S. The molecule has 104 valence electrons. The van der Waals surface area contributed by atoms with Crippen LogP contribution >= 0.6 is 11.3 Å². The third-order valence-corrected chi connectivity index (χ3v) is 3.71. The van der Waals surface area contributed by atoms with E-state index >= 15 is 0 Å². The SMILES string of the molecule is Cn1cnnc1CCNc1nc(NN)nc2sccc12. The van der Waals surface area contributed by atoms with Gasteiger partial charge < -0.3 is 9.88 Å². The van der Waals surface area contributed by atoms with Crippen LogP contribution in [0.1, 0.15) is 5.82 Å². The van der Waals surface area contributed by atoms with E-state index in [1.54, 1.807) is 17.7 Å². The highest BCUT2D eigenvalue weighted by Gasteiger charge is 2.08. The molecule has 0 fully saturated rings. The van der Waals surface area contributed by atoms with E-state index in [0.717, 1.165) is 28.3 Å². The van der Waals surface area contributed by atoms with Crippen LogP contribution in [0.25, 0.3) is 10.2 Å². The van der Waals surface area contributed by atoms with Gasteiger partial charge in [0.2, 0.25) is 5.95 Å². The molecule has 0 atom stereocenters. The number of nitrogens with zero attached hydrogens (tertiary/aromatic N) is 5. The number of aryl methyl sites for hydroxylation is 1. The van der Waals surface area contributed by atoms with Gasteiger partial charge in [-0.25, -0.2) is 10.8 Å². The van der Waals surface area contributed by atoms with Crippen molar-refractivity contribution in [3.63, 3.8) is 0 Å². The first-order valence-electron chi connectivity index (χ1n) is 6.06. The second kappa shape index (κ2) is 5.39. The Morgan fingerprint density at radius 3 is 3.05 bits per heavy atom. The number of aromatic nitrogens is 5. The summed E-state index contributed by atoms with van der Waals surface area (Å²) in [7, 11) is 1.92. The maximum absolute atomic E-state index is 5.38. The number of nitrogen functional groups attached to an aromatic ring is 1. The Morgan fingerprint density at radius 2 is 2.30 bits per heavy atom. The number of rotatable bonds is 5. The zero-order valence-corrected chi connectivity index (χ0v) is 11.7. The molecule has 3 heterocycles. The zero-order chi connectivity index (χ0) is 13.9. The molecule has 0 spiro atoms. The predicted molar refractivity (Wildman–Crippen MR) is 78.4 cm³/mol. The van der Waals surface area contributed by atoms with Gasteiger partial charge in [0.05, 0.1) is 5.39 Å². The molecule has 20 heavy (non-hydrogen) atoms. The Kier molecular flexibility index (Phi) is 3.44. The number of nitrogens with two attached hydrogens (primary N) is 1. The maximum atomic E-state index is 5.38. The Hall–Kier alpha value is -2.26. The summed E-state index contributed by atoms with van der Waals surface area (Å²) in [5.41, 5.74) is 2.48. The van der Waals surface area contributed by atoms with Gasteiger partial charge in [-0.2, -0.15) is 4.98 Å². The average Bonchev–Trinajstić information content (AvgIpc) is 3.07. The summed E-state index contributed by atoms with van der Waals surface area (Å²) in [4.78, 5) is 9.53. The number of anilines is 2. The van der Waals surface area contributed by atoms with Gasteiger partial charge in [-0.1, -0.05) is 0 Å². The lowest BCUT2D eigenvalue weighted by molar-refractivity contribution is 0.787. The van der Waals surface area contributed by atoms with Crippen LogP contribution in [0, 0.1) is 0 Å². The molecule has 8 nitrogen and oxygen atoms in total. The fourth-order valence-corrected chi connectivity index (χ4v) is 2.64. The fraction of sp³-hybridized carbons (Fsp3) is 0.273. The zero-order valence-electron chi connectivity index (χ0n) is 10.9. The van der Waals surface area contributed by atoms with E-state index in [-0.39, 0.29) is 0 Å². The van der Waals surface area contributed by atoms with E-state index in [2.05, 4.69) is 30.9 Å². The number of hydrogen-bond acceptors (Lipinski definition) is 8. The Morgan fingerprint density at radius 1 is 1.40 bits per heavy atom. The molecule has 0 saturated heterocycles. The first kappa shape index (κ1) is 12.8. The third-order valence-electron chi connectivity index (χ3n) is 2.90. The number of hydrazine groups is 1. The molecule has 0 bridgehead atoms. The maximum Gasteiger partial charge on any atom is 0.240 e. The topological polar surface area (TPSA) is 107 Å². The van der Waals surface area contributed by atoms with Crippen LogP contribution < -0.4 is 16.6 Å². The van der Waals surface area contributed by atoms with Crippen LogP contribution in [0.4, 0.5) is 11.8 Å². The van der Waals surface area contributed by atoms with Crippen LogP contribution in [0.5, 0.6) is 0 Å². The molecule has 9 heteroatoms. The minimum Gasteiger partial charge on any atom is -0.369 e. The quantitative estimate of drug-likeness (QED) is 0.470. The molecule has 3 rings (SSSR count). The van der Waals surface area contributed by atoms with Crippen LogP contribution in [0.2, 0.25) is 0 Å². The van der Waals surface area contributed by atoms with E-state index in [9.17, 15) is 0 Å². The average molecular weight is 290 g/mol. The van der Waals surface area contributed by atoms with E-state index in [1.807, 2.05) is 23.1 Å². The first-order chi connectivity index (χ1) is 9.78. The van der Waals surface area contributed by atoms with Gasteiger partial charge in [0.1, 0.15) is 22.8 Å². The summed E-state index contributed by atoms with van der Waals surface area (Å²) in [5.74, 6) is 7.48. The smallest absolute Gasteiger partial charge is 0.240 e. The molecule has 3 aromatic heterocycles. The van der Waals surface area contributed by atoms with Gasteiger partial charge in [0.25, 0.3) is 0 Å². The van der Waals surface area contributed by atoms with Crippen molar-refractivity contribution in [3.05, 3.63) is 23.6 Å². The number of thiophene rings is 1. The largest absolute Gasteiger partial charge is 0.369 e. The standard InChI is InChI=1S/C11H14N8S/c1-19-6-14-18-8(19)2-4-13-9-7-3-5-20-10(7)16-11(15-9)17-12/h3,5-6H,2,4,12H2,1H3,(H2,13,15,16,17). The summed E-state index contributed by atoms with van der Waals surface area (Å²) in [6, 6.07) is 1.99. The molecule has 4 N–H and O–H groups in total. The molecule has 0 aliphatic carbocycles. The lowest BCUT2D eigenvalue weighted by Crippen LogP contribution is -2.13. The molecule has 0 aromatic carbocycles. The van der Waals surface area contributed by atoms with Gasteiger partial charge in [-0.15, -0.1) is 21.5 Å². The van der Waals surface area contributed by atoms with Crippen LogP contribution in [0.15, 0.2) is 17.8 Å². The summed E-state index contributed by atoms with van der Waals surface area (Å²) >= 11 is 1.55. The van der Waals surface area contributed by atoms with Crippen LogP contribution in [0.3, 0.4) is 0 Å². The van der Waals surface area contributed by atoms with Crippen molar-refractivity contribution in [1.29, 1.82) is 0 Å². The molecular weight excluding hydrogens is 276 g/mol. The van der Waals surface area contributed by atoms with Crippen molar-refractivity contribution in [2.75, 3.05) is 17.3 Å². The lowest BCUT2D eigenvalue weighted by atomic mass is 10.3. The van der Waals surface area contributed by atoms with Crippen LogP contribution in [-0.2, 0) is 13.5 Å². The number of nitrogens with one attached hydrogen (secondary N) is 2. The lowest BCUT2D eigenvalue weighted by Gasteiger charge is -2.08. The van der Waals surface area contributed by atoms with Crippen molar-refractivity contribution in [1.82, 2.24) is 24.7 Å². The molecule has 0 aliphatic heterocycles. The second-order valence-electron chi connectivity index (χ2n) is 4.21. The first-order valence-corrected chi connectivity index (χ1v) is 6.94. The Balaban J connectivity index is 1.76. The fourth-order valence-electron chi connectivity index (χ4n) is 1.88. The van der Waals surface area contributed by atoms with E-state index in [4.69, 9.17) is 5.84 Å². The normalized spacial score (nSPS) is 10.9. The van der Waals surface area contributed by atoms with E-state index in [1.165, 1.54) is 0 Å². The summed E-state index contributed by atoms with van der Waals surface area (Å²) < 4.78 is 1.90. The van der Waals surface area contributed by atoms with Crippen molar-refractivity contribution < 1.29 is 0 Å². The number of fused-ring (bicyclic) bond motifs is 1. The van der Waals surface area contributed by atoms with Gasteiger partial charge in [-0.05, 0) is 11.4 Å². The van der Waals surface area contributed by atoms with Crippen molar-refractivity contribution in [2.24, 2.45) is 12.9 Å². The summed E-state index contributed by atoms with van der Waals surface area (Å²) in [6.07, 6.45) is 2.45. The minimum absolute atomic E-state index is 0.404. The van der Waals surface area contributed by atoms with E-state index < -0.39 is 0 Å². The molecule has 0 saturated carbocycles. The monoisotopic (exact) mass is 290 g/mol. The summed E-state index contributed by atoms with van der Waals surface area (Å²) in [6.45, 7) is 0.707. The molecule has 0 amide bonds. The highest BCUT2D eigenvalue weighted by atomic mass is 32.1. The van der Waals surface area contributed by atoms with Crippen molar-refractivity contribution >= 4 is 33.3 Å². The second-order valence-corrected chi connectivity index (χ2v) is 5.11. The Bertz CT molecular complexity index is 718. The van der Waals surface area contributed by atoms with Crippen molar-refractivity contribution in [3.8, 4) is 0 Å². The summed E-state index contributed by atoms with van der Waals surface area (Å²) in [5, 5.41) is 14.2. The number of hydrogen-bond donors (Lipinski definition) is 3. The third kappa shape index (κ3) is 2.40. The molecule has 0 aliphatic rings. The Labute approximate surface area is 119 Å². The van der Waals surface area contributed by atoms with Crippen LogP contribution in [-0.4, -0.2) is 31.3 Å². The van der Waals surface area contributed by atoms with Gasteiger partial charge >= 0.3 is 0 Å².